The lowest BCUT2D eigenvalue weighted by atomic mass is 9.87. The van der Waals surface area contributed by atoms with E-state index in [1.807, 2.05) is 6.08 Å². The molecule has 6 N–H and O–H groups in total. The molecule has 8 heteroatoms. The van der Waals surface area contributed by atoms with E-state index in [0.717, 1.165) is 23.2 Å². The first kappa shape index (κ1) is 17.6. The van der Waals surface area contributed by atoms with Crippen molar-refractivity contribution >= 4 is 35.3 Å². The SMILES string of the molecule is CC1CC=Cc2c(Nc3nc(N)nc(Nc4cccc(O)c4)n3)ccc(O)c21. The van der Waals surface area contributed by atoms with Gasteiger partial charge in [-0.1, -0.05) is 25.1 Å². The number of hydrogen-bond donors (Lipinski definition) is 5. The van der Waals surface area contributed by atoms with E-state index < -0.39 is 0 Å². The van der Waals surface area contributed by atoms with Gasteiger partial charge in [-0.05, 0) is 36.6 Å². The number of fused-ring (bicyclic) bond motifs is 1. The molecule has 0 radical (unpaired) electrons. The summed E-state index contributed by atoms with van der Waals surface area (Å²) in [7, 11) is 0. The van der Waals surface area contributed by atoms with Crippen LogP contribution in [0, 0.1) is 0 Å². The zero-order valence-electron chi connectivity index (χ0n) is 15.2. The van der Waals surface area contributed by atoms with Gasteiger partial charge in [0.05, 0.1) is 0 Å². The second-order valence-electron chi connectivity index (χ2n) is 6.64. The van der Waals surface area contributed by atoms with Crippen LogP contribution >= 0.6 is 0 Å². The van der Waals surface area contributed by atoms with Crippen LogP contribution in [0.1, 0.15) is 30.4 Å². The summed E-state index contributed by atoms with van der Waals surface area (Å²) in [6, 6.07) is 10.0. The van der Waals surface area contributed by atoms with E-state index in [4.69, 9.17) is 5.73 Å². The maximum absolute atomic E-state index is 10.2. The van der Waals surface area contributed by atoms with Crippen LogP contribution in [0.25, 0.3) is 6.08 Å². The standard InChI is InChI=1S/C20H20N6O2/c1-11-4-2-7-14-15(8-9-16(28)17(11)14)23-20-25-18(21)24-19(26-20)22-12-5-3-6-13(27)10-12/h2-3,5-11,27-28H,4H2,1H3,(H4,21,22,23,24,25,26). The molecule has 4 rings (SSSR count). The Labute approximate surface area is 161 Å². The van der Waals surface area contributed by atoms with Crippen molar-refractivity contribution < 1.29 is 10.2 Å². The van der Waals surface area contributed by atoms with E-state index in [9.17, 15) is 10.2 Å². The number of anilines is 5. The Hall–Kier alpha value is -3.81. The topological polar surface area (TPSA) is 129 Å². The predicted molar refractivity (Wildman–Crippen MR) is 109 cm³/mol. The number of nitrogen functional groups attached to an aromatic ring is 1. The monoisotopic (exact) mass is 376 g/mol. The van der Waals surface area contributed by atoms with Crippen LogP contribution in [0.4, 0.5) is 29.2 Å². The molecule has 8 nitrogen and oxygen atoms in total. The van der Waals surface area contributed by atoms with Crippen molar-refractivity contribution in [1.29, 1.82) is 0 Å². The summed E-state index contributed by atoms with van der Waals surface area (Å²) in [4.78, 5) is 12.6. The van der Waals surface area contributed by atoms with Crippen LogP contribution in [0.15, 0.2) is 42.5 Å². The Morgan fingerprint density at radius 3 is 2.61 bits per heavy atom. The van der Waals surface area contributed by atoms with E-state index in [1.165, 1.54) is 0 Å². The summed E-state index contributed by atoms with van der Waals surface area (Å²) in [5.41, 5.74) is 9.02. The number of aromatic hydroxyl groups is 2. The number of rotatable bonds is 4. The van der Waals surface area contributed by atoms with E-state index >= 15 is 0 Å². The number of allylic oxidation sites excluding steroid dienone is 1. The molecular weight excluding hydrogens is 356 g/mol. The molecule has 28 heavy (non-hydrogen) atoms. The highest BCUT2D eigenvalue weighted by atomic mass is 16.3. The van der Waals surface area contributed by atoms with Crippen LogP contribution in [0.3, 0.4) is 0 Å². The van der Waals surface area contributed by atoms with E-state index in [-0.39, 0.29) is 35.3 Å². The minimum atomic E-state index is 0.0525. The first-order chi connectivity index (χ1) is 13.5. The molecule has 3 aromatic rings. The van der Waals surface area contributed by atoms with Crippen molar-refractivity contribution in [1.82, 2.24) is 15.0 Å². The fraction of sp³-hybridized carbons (Fsp3) is 0.150. The molecular formula is C20H20N6O2. The number of phenolic OH excluding ortho intramolecular Hbond substituents is 2. The Bertz CT molecular complexity index is 1070. The van der Waals surface area contributed by atoms with Crippen molar-refractivity contribution in [3.05, 3.63) is 53.6 Å². The minimum Gasteiger partial charge on any atom is -0.508 e. The van der Waals surface area contributed by atoms with Crippen LogP contribution in [-0.2, 0) is 0 Å². The molecule has 1 aromatic heterocycles. The van der Waals surface area contributed by atoms with Gasteiger partial charge in [-0.3, -0.25) is 0 Å². The molecule has 0 saturated heterocycles. The normalized spacial score (nSPS) is 15.1. The lowest BCUT2D eigenvalue weighted by Gasteiger charge is -2.22. The highest BCUT2D eigenvalue weighted by molar-refractivity contribution is 5.76. The number of hydrogen-bond acceptors (Lipinski definition) is 8. The minimum absolute atomic E-state index is 0.0525. The molecule has 0 bridgehead atoms. The summed E-state index contributed by atoms with van der Waals surface area (Å²) in [6.07, 6.45) is 4.93. The van der Waals surface area contributed by atoms with Gasteiger partial charge in [-0.15, -0.1) is 0 Å². The molecule has 1 atom stereocenters. The molecule has 142 valence electrons. The highest BCUT2D eigenvalue weighted by Crippen LogP contribution is 2.40. The van der Waals surface area contributed by atoms with Crippen LogP contribution in [-0.4, -0.2) is 25.2 Å². The first-order valence-corrected chi connectivity index (χ1v) is 8.86. The average Bonchev–Trinajstić information content (AvgIpc) is 2.64. The Morgan fingerprint density at radius 2 is 1.82 bits per heavy atom. The van der Waals surface area contributed by atoms with Crippen LogP contribution in [0.5, 0.6) is 11.5 Å². The van der Waals surface area contributed by atoms with Crippen molar-refractivity contribution in [3.8, 4) is 11.5 Å². The van der Waals surface area contributed by atoms with E-state index in [0.29, 0.717) is 5.69 Å². The lowest BCUT2D eigenvalue weighted by Crippen LogP contribution is -2.09. The lowest BCUT2D eigenvalue weighted by molar-refractivity contribution is 0.462. The van der Waals surface area contributed by atoms with E-state index in [2.05, 4.69) is 38.6 Å². The van der Waals surface area contributed by atoms with Crippen molar-refractivity contribution in [3.63, 3.8) is 0 Å². The smallest absolute Gasteiger partial charge is 0.233 e. The van der Waals surface area contributed by atoms with Gasteiger partial charge in [0, 0.05) is 28.6 Å². The molecule has 0 saturated carbocycles. The van der Waals surface area contributed by atoms with Gasteiger partial charge >= 0.3 is 0 Å². The predicted octanol–water partition coefficient (Wildman–Crippen LogP) is 3.87. The number of benzene rings is 2. The Kier molecular flexibility index (Phi) is 4.44. The third-order valence-corrected chi connectivity index (χ3v) is 4.53. The largest absolute Gasteiger partial charge is 0.508 e. The maximum Gasteiger partial charge on any atom is 0.233 e. The fourth-order valence-corrected chi connectivity index (χ4v) is 3.28. The summed E-state index contributed by atoms with van der Waals surface area (Å²) in [6.45, 7) is 2.07. The Balaban J connectivity index is 1.66. The van der Waals surface area contributed by atoms with Gasteiger partial charge in [-0.25, -0.2) is 0 Å². The number of aromatic nitrogens is 3. The third kappa shape index (κ3) is 3.52. The van der Waals surface area contributed by atoms with Gasteiger partial charge in [0.15, 0.2) is 0 Å². The average molecular weight is 376 g/mol. The van der Waals surface area contributed by atoms with E-state index in [1.54, 1.807) is 36.4 Å². The summed E-state index contributed by atoms with van der Waals surface area (Å²) in [5, 5.41) is 26.0. The number of phenols is 2. The Morgan fingerprint density at radius 1 is 1.04 bits per heavy atom. The van der Waals surface area contributed by atoms with Gasteiger partial charge in [0.2, 0.25) is 17.8 Å². The molecule has 0 aliphatic heterocycles. The highest BCUT2D eigenvalue weighted by Gasteiger charge is 2.20. The second-order valence-corrected chi connectivity index (χ2v) is 6.64. The van der Waals surface area contributed by atoms with Crippen molar-refractivity contribution in [2.75, 3.05) is 16.4 Å². The van der Waals surface area contributed by atoms with Gasteiger partial charge in [0.25, 0.3) is 0 Å². The van der Waals surface area contributed by atoms with Crippen LogP contribution in [0.2, 0.25) is 0 Å². The first-order valence-electron chi connectivity index (χ1n) is 8.86. The number of nitrogens with two attached hydrogens (primary N) is 1. The molecule has 1 unspecified atom stereocenters. The molecule has 1 aliphatic rings. The van der Waals surface area contributed by atoms with Gasteiger partial charge in [-0.2, -0.15) is 15.0 Å². The summed E-state index contributed by atoms with van der Waals surface area (Å²) >= 11 is 0. The second kappa shape index (κ2) is 7.07. The van der Waals surface area contributed by atoms with Crippen molar-refractivity contribution in [2.24, 2.45) is 0 Å². The van der Waals surface area contributed by atoms with Gasteiger partial charge in [0.1, 0.15) is 11.5 Å². The number of nitrogens with zero attached hydrogens (tertiary/aromatic N) is 3. The summed E-state index contributed by atoms with van der Waals surface area (Å²) in [5.74, 6) is 1.19. The van der Waals surface area contributed by atoms with Crippen LogP contribution < -0.4 is 16.4 Å². The number of nitrogens with one attached hydrogen (secondary N) is 2. The quantitative estimate of drug-likeness (QED) is 0.434. The molecule has 2 aromatic carbocycles. The zero-order valence-corrected chi connectivity index (χ0v) is 15.2. The molecule has 0 spiro atoms. The molecule has 1 aliphatic carbocycles. The van der Waals surface area contributed by atoms with Gasteiger partial charge < -0.3 is 26.6 Å². The molecule has 1 heterocycles. The summed E-state index contributed by atoms with van der Waals surface area (Å²) < 4.78 is 0. The zero-order chi connectivity index (χ0) is 19.7. The molecule has 0 amide bonds. The molecule has 0 fully saturated rings. The maximum atomic E-state index is 10.2. The fourth-order valence-electron chi connectivity index (χ4n) is 3.28. The third-order valence-electron chi connectivity index (χ3n) is 4.53. The van der Waals surface area contributed by atoms with Crippen molar-refractivity contribution in [2.45, 2.75) is 19.3 Å².